The van der Waals surface area contributed by atoms with E-state index >= 15 is 0 Å². The summed E-state index contributed by atoms with van der Waals surface area (Å²) in [4.78, 5) is 0. The first-order valence-corrected chi connectivity index (χ1v) is 5.85. The van der Waals surface area contributed by atoms with Gasteiger partial charge in [0, 0.05) is 6.54 Å². The first kappa shape index (κ1) is 9.82. The molecule has 1 heterocycles. The molecule has 0 aromatic heterocycles. The van der Waals surface area contributed by atoms with E-state index in [2.05, 4.69) is 65.6 Å². The summed E-state index contributed by atoms with van der Waals surface area (Å²) in [6.45, 7) is 3.27. The van der Waals surface area contributed by atoms with Crippen LogP contribution in [0.1, 0.15) is 19.8 Å². The maximum Gasteiger partial charge on any atom is 0.179 e. The average Bonchev–Trinajstić information content (AvgIpc) is 2.31. The van der Waals surface area contributed by atoms with E-state index in [1.165, 1.54) is 12.8 Å². The zero-order valence-electron chi connectivity index (χ0n) is 6.37. The van der Waals surface area contributed by atoms with Gasteiger partial charge in [-0.05, 0) is 29.0 Å². The molecule has 11 heavy (non-hydrogen) atoms. The third kappa shape index (κ3) is 2.60. The molecule has 0 bridgehead atoms. The maximum atomic E-state index is 4.25. The fourth-order valence-corrected chi connectivity index (χ4v) is 1.80. The van der Waals surface area contributed by atoms with Crippen LogP contribution >= 0.6 is 45.5 Å². The highest BCUT2D eigenvalue weighted by Gasteiger charge is 2.21. The predicted molar refractivity (Wildman–Crippen MR) is 63.8 cm³/mol. The molecule has 0 N–H and O–H groups in total. The van der Waals surface area contributed by atoms with E-state index in [9.17, 15) is 0 Å². The lowest BCUT2D eigenvalue weighted by Gasteiger charge is -2.20. The molecule has 0 amide bonds. The molecule has 64 valence electrons. The van der Waals surface area contributed by atoms with E-state index in [4.69, 9.17) is 0 Å². The third-order valence-corrected chi connectivity index (χ3v) is 4.59. The van der Waals surface area contributed by atoms with E-state index in [1.54, 1.807) is 0 Å². The Labute approximate surface area is 94.8 Å². The lowest BCUT2D eigenvalue weighted by Crippen LogP contribution is -2.29. The third-order valence-electron chi connectivity index (χ3n) is 1.50. The number of unbranched alkanes of at least 4 members (excludes halogenated alkanes) is 1. The molecule has 0 radical (unpaired) electrons. The van der Waals surface area contributed by atoms with Gasteiger partial charge in [0.05, 0.1) is 22.9 Å². The van der Waals surface area contributed by atoms with Gasteiger partial charge in [-0.1, -0.05) is 13.3 Å². The molecule has 0 fully saturated rings. The van der Waals surface area contributed by atoms with Crippen molar-refractivity contribution in [3.05, 3.63) is 0 Å². The van der Waals surface area contributed by atoms with Gasteiger partial charge in [-0.25, -0.2) is 0 Å². The second-order valence-electron chi connectivity index (χ2n) is 2.40. The van der Waals surface area contributed by atoms with Crippen LogP contribution in [0.5, 0.6) is 0 Å². The first-order valence-electron chi connectivity index (χ1n) is 3.64. The van der Waals surface area contributed by atoms with E-state index in [1.807, 2.05) is 6.34 Å². The van der Waals surface area contributed by atoms with Crippen molar-refractivity contribution in [2.75, 3.05) is 6.54 Å². The molecule has 0 aromatic carbocycles. The lowest BCUT2D eigenvalue weighted by atomic mass is 10.3. The number of hydrogen-bond acceptors (Lipinski definition) is 3. The Balaban J connectivity index is 2.31. The molecule has 5 heteroatoms. The van der Waals surface area contributed by atoms with Crippen molar-refractivity contribution in [3.63, 3.8) is 0 Å². The van der Waals surface area contributed by atoms with Gasteiger partial charge in [-0.3, -0.25) is 8.12 Å². The molecule has 0 spiro atoms. The molecule has 1 rings (SSSR count). The number of alkyl halides is 1. The minimum Gasteiger partial charge on any atom is -0.271 e. The molecule has 3 nitrogen and oxygen atoms in total. The zero-order chi connectivity index (χ0) is 8.27. The quantitative estimate of drug-likeness (QED) is 0.325. The van der Waals surface area contributed by atoms with Gasteiger partial charge < -0.3 is 0 Å². The fraction of sp³-hybridized carbons (Fsp3) is 0.833. The predicted octanol–water partition coefficient (Wildman–Crippen LogP) is 2.42. The van der Waals surface area contributed by atoms with Gasteiger partial charge in [0.25, 0.3) is 0 Å². The van der Waals surface area contributed by atoms with Crippen molar-refractivity contribution in [2.45, 2.75) is 23.9 Å². The minimum absolute atomic E-state index is 0.403. The number of halogens is 2. The smallest absolute Gasteiger partial charge is 0.179 e. The monoisotopic (exact) mass is 379 g/mol. The molecule has 1 atom stereocenters. The van der Waals surface area contributed by atoms with Crippen molar-refractivity contribution in [2.24, 2.45) is 5.10 Å². The standard InChI is InChI=1S/C6H11I2N3/c1-2-3-4-11-6(7)10(8)5-9-11/h5-6H,2-4H2,1H3. The van der Waals surface area contributed by atoms with Crippen LogP contribution in [0.4, 0.5) is 0 Å². The van der Waals surface area contributed by atoms with Crippen LogP contribution in [0, 0.1) is 0 Å². The van der Waals surface area contributed by atoms with Crippen molar-refractivity contribution >= 4 is 51.8 Å². The van der Waals surface area contributed by atoms with Crippen LogP contribution in [0.3, 0.4) is 0 Å². The number of nitrogens with zero attached hydrogens (tertiary/aromatic N) is 3. The molecule has 0 aromatic rings. The largest absolute Gasteiger partial charge is 0.271 e. The van der Waals surface area contributed by atoms with Gasteiger partial charge in [0.15, 0.2) is 4.17 Å². The molecule has 0 aliphatic carbocycles. The Bertz CT molecular complexity index is 151. The summed E-state index contributed by atoms with van der Waals surface area (Å²) < 4.78 is 2.48. The Morgan fingerprint density at radius 3 is 2.82 bits per heavy atom. The summed E-state index contributed by atoms with van der Waals surface area (Å²) in [7, 11) is 0. The molecule has 1 aliphatic heterocycles. The highest BCUT2D eigenvalue weighted by molar-refractivity contribution is 14.1. The summed E-state index contributed by atoms with van der Waals surface area (Å²) in [5.41, 5.74) is 0. The minimum atomic E-state index is 0.403. The Morgan fingerprint density at radius 1 is 1.64 bits per heavy atom. The second kappa shape index (κ2) is 4.68. The SMILES string of the molecule is CCCCN1N=CN(I)C1I. The molecule has 1 aliphatic rings. The van der Waals surface area contributed by atoms with E-state index < -0.39 is 0 Å². The van der Waals surface area contributed by atoms with Crippen molar-refractivity contribution in [1.82, 2.24) is 8.12 Å². The molecule has 0 saturated carbocycles. The zero-order valence-corrected chi connectivity index (χ0v) is 10.7. The lowest BCUT2D eigenvalue weighted by molar-refractivity contribution is 0.268. The van der Waals surface area contributed by atoms with Crippen LogP contribution in [0.25, 0.3) is 0 Å². The number of rotatable bonds is 3. The second-order valence-corrected chi connectivity index (χ2v) is 4.63. The van der Waals surface area contributed by atoms with Gasteiger partial charge in [-0.2, -0.15) is 5.10 Å². The summed E-state index contributed by atoms with van der Waals surface area (Å²) in [6.07, 6.45) is 4.32. The Hall–Kier alpha value is 0.730. The van der Waals surface area contributed by atoms with E-state index in [0.29, 0.717) is 4.17 Å². The van der Waals surface area contributed by atoms with E-state index in [-0.39, 0.29) is 0 Å². The summed E-state index contributed by atoms with van der Waals surface area (Å²) in [5.74, 6) is 0. The van der Waals surface area contributed by atoms with Crippen LogP contribution in [0.2, 0.25) is 0 Å². The fourth-order valence-electron chi connectivity index (χ4n) is 0.837. The van der Waals surface area contributed by atoms with Gasteiger partial charge in [-0.15, -0.1) is 0 Å². The Morgan fingerprint density at radius 2 is 2.36 bits per heavy atom. The average molecular weight is 379 g/mol. The van der Waals surface area contributed by atoms with Gasteiger partial charge >= 0.3 is 0 Å². The first-order chi connectivity index (χ1) is 5.25. The van der Waals surface area contributed by atoms with Crippen LogP contribution in [-0.4, -0.2) is 25.2 Å². The number of hydrazone groups is 1. The normalized spacial score (nSPS) is 23.4. The Kier molecular flexibility index (Phi) is 4.18. The van der Waals surface area contributed by atoms with Crippen LogP contribution < -0.4 is 0 Å². The van der Waals surface area contributed by atoms with Gasteiger partial charge in [0.2, 0.25) is 0 Å². The highest BCUT2D eigenvalue weighted by atomic mass is 127. The van der Waals surface area contributed by atoms with Crippen molar-refractivity contribution in [3.8, 4) is 0 Å². The molecule has 1 unspecified atom stereocenters. The van der Waals surface area contributed by atoms with E-state index in [0.717, 1.165) is 6.54 Å². The van der Waals surface area contributed by atoms with Crippen molar-refractivity contribution < 1.29 is 0 Å². The highest BCUT2D eigenvalue weighted by Crippen LogP contribution is 2.22. The van der Waals surface area contributed by atoms with Crippen LogP contribution in [0.15, 0.2) is 5.10 Å². The van der Waals surface area contributed by atoms with Gasteiger partial charge in [0.1, 0.15) is 6.34 Å². The topological polar surface area (TPSA) is 18.8 Å². The summed E-state index contributed by atoms with van der Waals surface area (Å²) in [6, 6.07) is 0. The molecule has 0 saturated heterocycles. The number of hydrogen-bond donors (Lipinski definition) is 0. The summed E-state index contributed by atoms with van der Waals surface area (Å²) in [5, 5.41) is 6.36. The summed E-state index contributed by atoms with van der Waals surface area (Å²) >= 11 is 4.64. The molecular weight excluding hydrogens is 368 g/mol. The molecular formula is C6H11I2N3. The maximum absolute atomic E-state index is 4.25. The van der Waals surface area contributed by atoms with Crippen LogP contribution in [-0.2, 0) is 0 Å². The van der Waals surface area contributed by atoms with Crippen molar-refractivity contribution in [1.29, 1.82) is 0 Å².